The third-order valence-electron chi connectivity index (χ3n) is 3.64. The Labute approximate surface area is 149 Å². The summed E-state index contributed by atoms with van der Waals surface area (Å²) in [5.74, 6) is -0.856. The van der Waals surface area contributed by atoms with Crippen LogP contribution in [0.1, 0.15) is 5.56 Å². The van der Waals surface area contributed by atoms with Gasteiger partial charge in [-0.3, -0.25) is 0 Å². The number of aromatic nitrogens is 3. The first-order valence-electron chi connectivity index (χ1n) is 7.28. The number of nitrogens with zero attached hydrogens (tertiary/aromatic N) is 3. The van der Waals surface area contributed by atoms with Gasteiger partial charge in [0.15, 0.2) is 5.82 Å². The quantitative estimate of drug-likeness (QED) is 0.679. The number of anilines is 1. The Morgan fingerprint density at radius 3 is 2.46 bits per heavy atom. The standard InChI is InChI=1S/C16H12ClF3N4O2/c17-11-6-10(13(25)7-12(11)21)8-23-15(26)24(16(18,19)20)14(22-23)9-4-2-1-3-5-9/h1-7,25H,8,21H2. The molecule has 3 N–H and O–H groups in total. The molecule has 0 aliphatic carbocycles. The highest BCUT2D eigenvalue weighted by molar-refractivity contribution is 6.33. The molecule has 3 aromatic rings. The number of halogens is 4. The van der Waals surface area contributed by atoms with Crippen molar-refractivity contribution in [2.24, 2.45) is 0 Å². The van der Waals surface area contributed by atoms with Crippen molar-refractivity contribution in [2.75, 3.05) is 5.73 Å². The third kappa shape index (κ3) is 3.25. The van der Waals surface area contributed by atoms with Crippen molar-refractivity contribution >= 4 is 17.3 Å². The van der Waals surface area contributed by atoms with E-state index in [0.29, 0.717) is 4.68 Å². The van der Waals surface area contributed by atoms with Crippen LogP contribution >= 0.6 is 11.6 Å². The van der Waals surface area contributed by atoms with Gasteiger partial charge in [0.05, 0.1) is 17.3 Å². The molecule has 0 saturated heterocycles. The van der Waals surface area contributed by atoms with Gasteiger partial charge in [-0.15, -0.1) is 18.3 Å². The Morgan fingerprint density at radius 2 is 1.85 bits per heavy atom. The van der Waals surface area contributed by atoms with Crippen LogP contribution in [0.4, 0.5) is 18.9 Å². The molecule has 0 saturated carbocycles. The highest BCUT2D eigenvalue weighted by Gasteiger charge is 2.38. The summed E-state index contributed by atoms with van der Waals surface area (Å²) in [5.41, 5.74) is 4.50. The van der Waals surface area contributed by atoms with Crippen LogP contribution in [-0.4, -0.2) is 19.5 Å². The van der Waals surface area contributed by atoms with Gasteiger partial charge in [0, 0.05) is 17.2 Å². The van der Waals surface area contributed by atoms with Crippen molar-refractivity contribution in [1.29, 1.82) is 0 Å². The van der Waals surface area contributed by atoms with Crippen molar-refractivity contribution < 1.29 is 18.3 Å². The molecule has 6 nitrogen and oxygen atoms in total. The first kappa shape index (κ1) is 17.9. The van der Waals surface area contributed by atoms with Crippen LogP contribution in [0.3, 0.4) is 0 Å². The lowest BCUT2D eigenvalue weighted by molar-refractivity contribution is -0.205. The van der Waals surface area contributed by atoms with E-state index >= 15 is 0 Å². The van der Waals surface area contributed by atoms with Crippen molar-refractivity contribution in [2.45, 2.75) is 12.8 Å². The molecule has 1 heterocycles. The molecule has 2 aromatic carbocycles. The number of hydrogen-bond donors (Lipinski definition) is 2. The molecule has 136 valence electrons. The minimum Gasteiger partial charge on any atom is -0.508 e. The first-order valence-corrected chi connectivity index (χ1v) is 7.65. The van der Waals surface area contributed by atoms with Crippen LogP contribution in [0.25, 0.3) is 11.4 Å². The highest BCUT2D eigenvalue weighted by Crippen LogP contribution is 2.30. The molecule has 0 fully saturated rings. The predicted octanol–water partition coefficient (Wildman–Crippen LogP) is 3.18. The molecule has 10 heteroatoms. The average molecular weight is 385 g/mol. The molecule has 0 aliphatic heterocycles. The zero-order valence-corrected chi connectivity index (χ0v) is 13.8. The Kier molecular flexibility index (Phi) is 4.41. The number of hydrogen-bond acceptors (Lipinski definition) is 4. The van der Waals surface area contributed by atoms with Crippen molar-refractivity contribution in [3.8, 4) is 17.1 Å². The summed E-state index contributed by atoms with van der Waals surface area (Å²) < 4.78 is 40.4. The Balaban J connectivity index is 2.14. The smallest absolute Gasteiger partial charge is 0.494 e. The predicted molar refractivity (Wildman–Crippen MR) is 89.9 cm³/mol. The van der Waals surface area contributed by atoms with E-state index in [-0.39, 0.29) is 32.2 Å². The summed E-state index contributed by atoms with van der Waals surface area (Å²) in [4.78, 5) is 12.3. The fraction of sp³-hybridized carbons (Fsp3) is 0.125. The number of rotatable bonds is 3. The fourth-order valence-electron chi connectivity index (χ4n) is 2.42. The lowest BCUT2D eigenvalue weighted by Gasteiger charge is -2.08. The second-order valence-electron chi connectivity index (χ2n) is 5.44. The van der Waals surface area contributed by atoms with Crippen LogP contribution in [0.2, 0.25) is 5.02 Å². The third-order valence-corrected chi connectivity index (χ3v) is 3.97. The van der Waals surface area contributed by atoms with E-state index in [0.717, 1.165) is 6.07 Å². The number of aromatic hydroxyl groups is 1. The number of nitrogens with two attached hydrogens (primary N) is 1. The van der Waals surface area contributed by atoms with Crippen LogP contribution in [0.5, 0.6) is 5.75 Å². The van der Waals surface area contributed by atoms with Crippen molar-refractivity contribution in [1.82, 2.24) is 14.3 Å². The summed E-state index contributed by atoms with van der Waals surface area (Å²) in [5, 5.41) is 13.8. The highest BCUT2D eigenvalue weighted by atomic mass is 35.5. The second-order valence-corrected chi connectivity index (χ2v) is 5.84. The molecule has 1 aromatic heterocycles. The maximum Gasteiger partial charge on any atom is 0.494 e. The fourth-order valence-corrected chi connectivity index (χ4v) is 2.61. The second kappa shape index (κ2) is 6.41. The molecule has 0 spiro atoms. The van der Waals surface area contributed by atoms with E-state index in [4.69, 9.17) is 17.3 Å². The lowest BCUT2D eigenvalue weighted by atomic mass is 10.2. The maximum atomic E-state index is 13.4. The molecule has 0 bridgehead atoms. The topological polar surface area (TPSA) is 86.1 Å². The minimum atomic E-state index is -4.96. The van der Waals surface area contributed by atoms with E-state index in [1.807, 2.05) is 0 Å². The van der Waals surface area contributed by atoms with Gasteiger partial charge in [-0.05, 0) is 6.07 Å². The van der Waals surface area contributed by atoms with Crippen LogP contribution in [0.15, 0.2) is 47.3 Å². The van der Waals surface area contributed by atoms with Gasteiger partial charge in [-0.25, -0.2) is 9.48 Å². The van der Waals surface area contributed by atoms with Crippen LogP contribution in [0, 0.1) is 0 Å². The normalized spacial score (nSPS) is 11.7. The molecule has 0 radical (unpaired) electrons. The first-order chi connectivity index (χ1) is 12.2. The van der Waals surface area contributed by atoms with E-state index in [1.165, 1.54) is 30.3 Å². The maximum absolute atomic E-state index is 13.4. The largest absolute Gasteiger partial charge is 0.508 e. The zero-order chi connectivity index (χ0) is 19.1. The van der Waals surface area contributed by atoms with Gasteiger partial charge in [0.1, 0.15) is 5.75 Å². The molecule has 0 unspecified atom stereocenters. The summed E-state index contributed by atoms with van der Waals surface area (Å²) in [7, 11) is 0. The minimum absolute atomic E-state index is 0.101. The van der Waals surface area contributed by atoms with Gasteiger partial charge >= 0.3 is 12.0 Å². The number of phenols is 1. The summed E-state index contributed by atoms with van der Waals surface area (Å²) >= 11 is 5.87. The Hall–Kier alpha value is -2.94. The molecule has 0 aliphatic rings. The van der Waals surface area contributed by atoms with Gasteiger partial charge in [0.25, 0.3) is 0 Å². The van der Waals surface area contributed by atoms with Gasteiger partial charge < -0.3 is 10.8 Å². The van der Waals surface area contributed by atoms with Gasteiger partial charge in [-0.2, -0.15) is 4.57 Å². The van der Waals surface area contributed by atoms with Crippen molar-refractivity contribution in [3.63, 3.8) is 0 Å². The van der Waals surface area contributed by atoms with E-state index < -0.39 is 24.4 Å². The molecular formula is C16H12ClF3N4O2. The van der Waals surface area contributed by atoms with Crippen LogP contribution < -0.4 is 11.4 Å². The number of nitrogen functional groups attached to an aromatic ring is 1. The van der Waals surface area contributed by atoms with Gasteiger partial charge in [0.2, 0.25) is 0 Å². The summed E-state index contributed by atoms with van der Waals surface area (Å²) in [6, 6.07) is 9.94. The Bertz CT molecular complexity index is 1010. The Morgan fingerprint density at radius 1 is 1.19 bits per heavy atom. The van der Waals surface area contributed by atoms with E-state index in [2.05, 4.69) is 5.10 Å². The molecule has 0 atom stereocenters. The van der Waals surface area contributed by atoms with E-state index in [9.17, 15) is 23.1 Å². The number of alkyl halides is 3. The number of benzene rings is 2. The lowest BCUT2D eigenvalue weighted by Crippen LogP contribution is -2.33. The van der Waals surface area contributed by atoms with Crippen LogP contribution in [-0.2, 0) is 12.8 Å². The average Bonchev–Trinajstić information content (AvgIpc) is 2.90. The monoisotopic (exact) mass is 384 g/mol. The number of phenolic OH excluding ortho intramolecular Hbond substituents is 1. The molecule has 26 heavy (non-hydrogen) atoms. The van der Waals surface area contributed by atoms with Gasteiger partial charge in [-0.1, -0.05) is 41.9 Å². The zero-order valence-electron chi connectivity index (χ0n) is 13.0. The summed E-state index contributed by atoms with van der Waals surface area (Å²) in [6.45, 7) is -0.409. The van der Waals surface area contributed by atoms with Crippen molar-refractivity contribution in [3.05, 3.63) is 63.5 Å². The molecular weight excluding hydrogens is 373 g/mol. The van der Waals surface area contributed by atoms with E-state index in [1.54, 1.807) is 6.07 Å². The molecule has 3 rings (SSSR count). The summed E-state index contributed by atoms with van der Waals surface area (Å²) in [6.07, 6.45) is -4.96. The molecule has 0 amide bonds. The SMILES string of the molecule is Nc1cc(O)c(Cn2nc(-c3ccccc3)n(C(F)(F)F)c2=O)cc1Cl.